The number of halogens is 2. The first kappa shape index (κ1) is 30.5. The van der Waals surface area contributed by atoms with Crippen molar-refractivity contribution < 1.29 is 18.0 Å². The van der Waals surface area contributed by atoms with Crippen molar-refractivity contribution >= 4 is 50.7 Å². The first-order valence-electron chi connectivity index (χ1n) is 12.6. The van der Waals surface area contributed by atoms with E-state index in [2.05, 4.69) is 5.32 Å². The lowest BCUT2D eigenvalue weighted by molar-refractivity contribution is -0.140. The molecule has 7 nitrogen and oxygen atoms in total. The molecule has 2 amide bonds. The predicted octanol–water partition coefficient (Wildman–Crippen LogP) is 5.83. The SMILES string of the molecule is CC[C@H](C(=O)NC(C)C)N(Cc1ccccc1Cl)C(=O)CN(c1ccccc1Cl)S(=O)(=O)c1ccc(C)cc1. The minimum atomic E-state index is -4.20. The number of nitrogens with one attached hydrogen (secondary N) is 1. The van der Waals surface area contributed by atoms with Crippen LogP contribution in [0.25, 0.3) is 0 Å². The number of nitrogens with zero attached hydrogens (tertiary/aromatic N) is 2. The first-order valence-corrected chi connectivity index (χ1v) is 14.8. The molecule has 1 N–H and O–H groups in total. The van der Waals surface area contributed by atoms with Crippen LogP contribution in [0.1, 0.15) is 38.3 Å². The van der Waals surface area contributed by atoms with Crippen molar-refractivity contribution in [2.75, 3.05) is 10.8 Å². The second kappa shape index (κ2) is 13.3. The van der Waals surface area contributed by atoms with E-state index in [4.69, 9.17) is 23.2 Å². The van der Waals surface area contributed by atoms with E-state index in [0.29, 0.717) is 17.0 Å². The molecule has 3 rings (SSSR count). The van der Waals surface area contributed by atoms with E-state index in [1.807, 2.05) is 20.8 Å². The van der Waals surface area contributed by atoms with Gasteiger partial charge in [-0.25, -0.2) is 8.42 Å². The topological polar surface area (TPSA) is 86.8 Å². The number of rotatable bonds is 11. The first-order chi connectivity index (χ1) is 18.4. The number of anilines is 1. The van der Waals surface area contributed by atoms with Crippen molar-refractivity contribution in [2.24, 2.45) is 0 Å². The monoisotopic (exact) mass is 589 g/mol. The van der Waals surface area contributed by atoms with Gasteiger partial charge < -0.3 is 10.2 Å². The maximum absolute atomic E-state index is 14.0. The van der Waals surface area contributed by atoms with Crippen molar-refractivity contribution in [3.63, 3.8) is 0 Å². The second-order valence-electron chi connectivity index (χ2n) is 9.48. The second-order valence-corrected chi connectivity index (χ2v) is 12.2. The summed E-state index contributed by atoms with van der Waals surface area (Å²) in [6.45, 7) is 6.76. The number of amides is 2. The van der Waals surface area contributed by atoms with Gasteiger partial charge in [0.25, 0.3) is 10.0 Å². The summed E-state index contributed by atoms with van der Waals surface area (Å²) in [6, 6.07) is 18.8. The molecule has 3 aromatic carbocycles. The summed E-state index contributed by atoms with van der Waals surface area (Å²) in [5, 5.41) is 3.47. The summed E-state index contributed by atoms with van der Waals surface area (Å²) >= 11 is 12.8. The number of benzene rings is 3. The average molecular weight is 591 g/mol. The molecule has 0 heterocycles. The fraction of sp³-hybridized carbons (Fsp3) is 0.310. The Kier molecular flexibility index (Phi) is 10.4. The quantitative estimate of drug-likeness (QED) is 0.305. The molecule has 1 atom stereocenters. The predicted molar refractivity (Wildman–Crippen MR) is 157 cm³/mol. The Bertz CT molecular complexity index is 1410. The Hall–Kier alpha value is -3.07. The van der Waals surface area contributed by atoms with E-state index in [1.165, 1.54) is 17.0 Å². The summed E-state index contributed by atoms with van der Waals surface area (Å²) in [6.07, 6.45) is 0.311. The fourth-order valence-electron chi connectivity index (χ4n) is 4.12. The van der Waals surface area contributed by atoms with Crippen molar-refractivity contribution in [3.05, 3.63) is 94.0 Å². The van der Waals surface area contributed by atoms with Gasteiger partial charge in [-0.05, 0) is 63.1 Å². The molecule has 39 heavy (non-hydrogen) atoms. The van der Waals surface area contributed by atoms with Gasteiger partial charge in [0.15, 0.2) is 0 Å². The van der Waals surface area contributed by atoms with Crippen LogP contribution < -0.4 is 9.62 Å². The van der Waals surface area contributed by atoms with Crippen LogP contribution in [0, 0.1) is 6.92 Å². The lowest BCUT2D eigenvalue weighted by Gasteiger charge is -2.34. The lowest BCUT2D eigenvalue weighted by Crippen LogP contribution is -2.53. The minimum Gasteiger partial charge on any atom is -0.352 e. The van der Waals surface area contributed by atoms with Crippen LogP contribution in [0.15, 0.2) is 77.7 Å². The molecule has 0 radical (unpaired) electrons. The molecule has 0 aromatic heterocycles. The van der Waals surface area contributed by atoms with Gasteiger partial charge in [-0.2, -0.15) is 0 Å². The van der Waals surface area contributed by atoms with Crippen LogP contribution in [-0.4, -0.2) is 43.8 Å². The van der Waals surface area contributed by atoms with Gasteiger partial charge in [-0.3, -0.25) is 13.9 Å². The van der Waals surface area contributed by atoms with Gasteiger partial charge in [0.1, 0.15) is 12.6 Å². The molecule has 0 saturated carbocycles. The van der Waals surface area contributed by atoms with Crippen LogP contribution in [-0.2, 0) is 26.2 Å². The smallest absolute Gasteiger partial charge is 0.264 e. The zero-order valence-corrected chi connectivity index (χ0v) is 24.7. The highest BCUT2D eigenvalue weighted by Gasteiger charge is 2.34. The van der Waals surface area contributed by atoms with E-state index in [-0.39, 0.29) is 34.1 Å². The van der Waals surface area contributed by atoms with Crippen LogP contribution >= 0.6 is 23.2 Å². The molecule has 0 fully saturated rings. The van der Waals surface area contributed by atoms with Crippen molar-refractivity contribution in [3.8, 4) is 0 Å². The molecule has 0 bridgehead atoms. The zero-order chi connectivity index (χ0) is 28.7. The van der Waals surface area contributed by atoms with E-state index >= 15 is 0 Å². The fourth-order valence-corrected chi connectivity index (χ4v) is 6.03. The van der Waals surface area contributed by atoms with E-state index < -0.39 is 28.5 Å². The number of hydrogen-bond acceptors (Lipinski definition) is 4. The Balaban J connectivity index is 2.09. The van der Waals surface area contributed by atoms with Crippen LogP contribution in [0.3, 0.4) is 0 Å². The normalized spacial score (nSPS) is 12.2. The van der Waals surface area contributed by atoms with Gasteiger partial charge in [0.2, 0.25) is 11.8 Å². The van der Waals surface area contributed by atoms with Crippen molar-refractivity contribution in [1.29, 1.82) is 0 Å². The highest BCUT2D eigenvalue weighted by molar-refractivity contribution is 7.92. The van der Waals surface area contributed by atoms with Crippen molar-refractivity contribution in [2.45, 2.75) is 57.6 Å². The maximum atomic E-state index is 14.0. The summed E-state index contributed by atoms with van der Waals surface area (Å²) in [7, 11) is -4.20. The van der Waals surface area contributed by atoms with Crippen molar-refractivity contribution in [1.82, 2.24) is 10.2 Å². The molecule has 0 saturated heterocycles. The Morgan fingerprint density at radius 2 is 1.49 bits per heavy atom. The maximum Gasteiger partial charge on any atom is 0.264 e. The van der Waals surface area contributed by atoms with Gasteiger partial charge in [-0.1, -0.05) is 78.2 Å². The number of aryl methyl sites for hydroxylation is 1. The van der Waals surface area contributed by atoms with Gasteiger partial charge >= 0.3 is 0 Å². The Morgan fingerprint density at radius 3 is 2.05 bits per heavy atom. The zero-order valence-electron chi connectivity index (χ0n) is 22.4. The van der Waals surface area contributed by atoms with Gasteiger partial charge in [-0.15, -0.1) is 0 Å². The summed E-state index contributed by atoms with van der Waals surface area (Å²) in [5.74, 6) is -0.908. The minimum absolute atomic E-state index is 0.0167. The third-order valence-electron chi connectivity index (χ3n) is 6.12. The van der Waals surface area contributed by atoms with E-state index in [9.17, 15) is 18.0 Å². The highest BCUT2D eigenvalue weighted by Crippen LogP contribution is 2.31. The third-order valence-corrected chi connectivity index (χ3v) is 8.59. The molecule has 3 aromatic rings. The number of para-hydroxylation sites is 1. The van der Waals surface area contributed by atoms with Gasteiger partial charge in [0, 0.05) is 17.6 Å². The third kappa shape index (κ3) is 7.53. The Morgan fingerprint density at radius 1 is 0.897 bits per heavy atom. The molecule has 0 aliphatic heterocycles. The largest absolute Gasteiger partial charge is 0.352 e. The summed E-state index contributed by atoms with van der Waals surface area (Å²) in [5.41, 5.74) is 1.68. The van der Waals surface area contributed by atoms with Crippen LogP contribution in [0.5, 0.6) is 0 Å². The number of carbonyl (C=O) groups is 2. The highest BCUT2D eigenvalue weighted by atomic mass is 35.5. The number of hydrogen-bond donors (Lipinski definition) is 1. The molecule has 0 aliphatic carbocycles. The van der Waals surface area contributed by atoms with Crippen LogP contribution in [0.4, 0.5) is 5.69 Å². The number of sulfonamides is 1. The summed E-state index contributed by atoms with van der Waals surface area (Å²) < 4.78 is 28.8. The Labute approximate surface area is 240 Å². The molecule has 0 unspecified atom stereocenters. The van der Waals surface area contributed by atoms with Gasteiger partial charge in [0.05, 0.1) is 15.6 Å². The lowest BCUT2D eigenvalue weighted by atomic mass is 10.1. The molecule has 0 aliphatic rings. The van der Waals surface area contributed by atoms with Crippen LogP contribution in [0.2, 0.25) is 10.0 Å². The molecular weight excluding hydrogens is 557 g/mol. The van der Waals surface area contributed by atoms with E-state index in [0.717, 1.165) is 9.87 Å². The van der Waals surface area contributed by atoms with E-state index in [1.54, 1.807) is 67.6 Å². The molecular formula is C29H33Cl2N3O4S. The summed E-state index contributed by atoms with van der Waals surface area (Å²) in [4.78, 5) is 28.6. The molecule has 208 valence electrons. The average Bonchev–Trinajstić information content (AvgIpc) is 2.88. The standard InChI is InChI=1S/C29H33Cl2N3O4S/c1-5-26(29(36)32-20(2)3)33(18-22-10-6-7-11-24(22)30)28(35)19-34(27-13-9-8-12-25(27)31)39(37,38)23-16-14-21(4)15-17-23/h6-17,20,26H,5,18-19H2,1-4H3,(H,32,36)/t26-/m1/s1. The molecule has 10 heteroatoms. The number of carbonyl (C=O) groups excluding carboxylic acids is 2. The molecule has 0 spiro atoms.